The minimum atomic E-state index is 0.0760. The number of carbonyl (C=O) groups excluding carboxylic acids is 1. The number of methoxy groups -OCH3 is 1. The molecular formula is C17H21N3O2S. The molecule has 1 aliphatic heterocycles. The van der Waals surface area contributed by atoms with Crippen molar-refractivity contribution in [3.05, 3.63) is 46.4 Å². The first-order valence-corrected chi connectivity index (χ1v) is 8.57. The molecule has 6 heteroatoms. The van der Waals surface area contributed by atoms with Crippen molar-refractivity contribution < 1.29 is 9.53 Å². The molecule has 0 saturated carbocycles. The fraction of sp³-hybridized carbons (Fsp3) is 0.412. The quantitative estimate of drug-likeness (QED) is 0.864. The maximum atomic E-state index is 12.0. The number of aromatic nitrogens is 1. The molecule has 0 radical (unpaired) electrons. The Hall–Kier alpha value is -1.92. The van der Waals surface area contributed by atoms with Crippen molar-refractivity contribution in [3.8, 4) is 5.75 Å². The Morgan fingerprint density at radius 3 is 2.74 bits per heavy atom. The maximum Gasteiger partial charge on any atom is 0.220 e. The minimum Gasteiger partial charge on any atom is -0.497 e. The Morgan fingerprint density at radius 1 is 1.35 bits per heavy atom. The second-order valence-electron chi connectivity index (χ2n) is 5.66. The molecule has 3 rings (SSSR count). The average Bonchev–Trinajstić information content (AvgIpc) is 3.07. The van der Waals surface area contributed by atoms with Crippen LogP contribution in [0.1, 0.15) is 23.5 Å². The van der Waals surface area contributed by atoms with E-state index in [2.05, 4.69) is 9.88 Å². The summed E-state index contributed by atoms with van der Waals surface area (Å²) >= 11 is 1.68. The highest BCUT2D eigenvalue weighted by Gasteiger charge is 2.30. The molecule has 1 aromatic heterocycles. The first kappa shape index (κ1) is 16.0. The van der Waals surface area contributed by atoms with E-state index in [0.717, 1.165) is 42.5 Å². The first-order valence-electron chi connectivity index (χ1n) is 7.69. The molecule has 1 amide bonds. The van der Waals surface area contributed by atoms with Gasteiger partial charge in [0.25, 0.3) is 0 Å². The lowest BCUT2D eigenvalue weighted by atomic mass is 10.0. The highest BCUT2D eigenvalue weighted by Crippen LogP contribution is 2.28. The fourth-order valence-electron chi connectivity index (χ4n) is 2.99. The summed E-state index contributed by atoms with van der Waals surface area (Å²) in [5.74, 6) is 0.957. The molecule has 122 valence electrons. The molecule has 2 aromatic rings. The molecule has 5 nitrogen and oxygen atoms in total. The van der Waals surface area contributed by atoms with Crippen molar-refractivity contribution in [3.63, 3.8) is 0 Å². The highest BCUT2D eigenvalue weighted by molar-refractivity contribution is 7.09. The summed E-state index contributed by atoms with van der Waals surface area (Å²) in [6, 6.07) is 8.08. The lowest BCUT2D eigenvalue weighted by molar-refractivity contribution is -0.134. The molecular weight excluding hydrogens is 310 g/mol. The van der Waals surface area contributed by atoms with Crippen molar-refractivity contribution in [2.75, 3.05) is 26.7 Å². The van der Waals surface area contributed by atoms with Gasteiger partial charge in [-0.2, -0.15) is 0 Å². The number of rotatable bonds is 4. The summed E-state index contributed by atoms with van der Waals surface area (Å²) in [5.41, 5.74) is 1.14. The second-order valence-corrected chi connectivity index (χ2v) is 6.64. The van der Waals surface area contributed by atoms with Gasteiger partial charge in [0.15, 0.2) is 0 Å². The Morgan fingerprint density at radius 2 is 2.13 bits per heavy atom. The normalized spacial score (nSPS) is 18.9. The number of thiazole rings is 1. The van der Waals surface area contributed by atoms with Gasteiger partial charge < -0.3 is 9.64 Å². The van der Waals surface area contributed by atoms with Crippen LogP contribution in [-0.2, 0) is 11.3 Å². The van der Waals surface area contributed by atoms with Gasteiger partial charge in [-0.3, -0.25) is 9.69 Å². The van der Waals surface area contributed by atoms with Crippen LogP contribution in [0.5, 0.6) is 5.75 Å². The predicted octanol–water partition coefficient (Wildman–Crippen LogP) is 2.56. The third-order valence-electron chi connectivity index (χ3n) is 4.21. The summed E-state index contributed by atoms with van der Waals surface area (Å²) < 4.78 is 5.22. The van der Waals surface area contributed by atoms with E-state index in [1.807, 2.05) is 40.7 Å². The molecule has 1 aliphatic rings. The van der Waals surface area contributed by atoms with Gasteiger partial charge in [0, 0.05) is 38.1 Å². The van der Waals surface area contributed by atoms with Gasteiger partial charge in [0.1, 0.15) is 10.8 Å². The van der Waals surface area contributed by atoms with Crippen LogP contribution in [0.25, 0.3) is 0 Å². The lowest BCUT2D eigenvalue weighted by Gasteiger charge is -2.41. The number of carbonyl (C=O) groups is 1. The Kier molecular flexibility index (Phi) is 4.93. The zero-order chi connectivity index (χ0) is 16.2. The monoisotopic (exact) mass is 331 g/mol. The summed E-state index contributed by atoms with van der Waals surface area (Å²) in [6.45, 7) is 4.94. The number of nitrogens with zero attached hydrogens (tertiary/aromatic N) is 3. The number of ether oxygens (including phenoxy) is 1. The van der Waals surface area contributed by atoms with Crippen molar-refractivity contribution in [1.29, 1.82) is 0 Å². The first-order chi connectivity index (χ1) is 11.2. The number of benzene rings is 1. The van der Waals surface area contributed by atoms with Crippen LogP contribution in [0.2, 0.25) is 0 Å². The molecule has 1 fully saturated rings. The van der Waals surface area contributed by atoms with Crippen LogP contribution in [0.3, 0.4) is 0 Å². The standard InChI is InChI=1S/C17H21N3O2S/c1-13(21)20-9-8-19(12-17-18-7-10-23-17)11-16(20)14-3-5-15(22-2)6-4-14/h3-7,10,16H,8-9,11-12H2,1-2H3/t16-/m0/s1. The molecule has 0 spiro atoms. The molecule has 23 heavy (non-hydrogen) atoms. The zero-order valence-corrected chi connectivity index (χ0v) is 14.3. The van der Waals surface area contributed by atoms with Gasteiger partial charge in [-0.1, -0.05) is 12.1 Å². The molecule has 0 N–H and O–H groups in total. The number of hydrogen-bond acceptors (Lipinski definition) is 5. The van der Waals surface area contributed by atoms with E-state index in [4.69, 9.17) is 4.74 Å². The zero-order valence-electron chi connectivity index (χ0n) is 13.4. The molecule has 0 unspecified atom stereocenters. The highest BCUT2D eigenvalue weighted by atomic mass is 32.1. The van der Waals surface area contributed by atoms with Crippen LogP contribution in [0.4, 0.5) is 0 Å². The lowest BCUT2D eigenvalue weighted by Crippen LogP contribution is -2.49. The van der Waals surface area contributed by atoms with Gasteiger partial charge >= 0.3 is 0 Å². The van der Waals surface area contributed by atoms with E-state index in [1.54, 1.807) is 25.4 Å². The third-order valence-corrected chi connectivity index (χ3v) is 4.98. The summed E-state index contributed by atoms with van der Waals surface area (Å²) in [5, 5.41) is 3.12. The average molecular weight is 331 g/mol. The Bertz CT molecular complexity index is 642. The third kappa shape index (κ3) is 3.71. The fourth-order valence-corrected chi connectivity index (χ4v) is 3.65. The smallest absolute Gasteiger partial charge is 0.220 e. The van der Waals surface area contributed by atoms with Crippen LogP contribution in [0.15, 0.2) is 35.8 Å². The van der Waals surface area contributed by atoms with E-state index in [1.165, 1.54) is 0 Å². The summed E-state index contributed by atoms with van der Waals surface area (Å²) in [7, 11) is 1.66. The van der Waals surface area contributed by atoms with Gasteiger partial charge in [-0.05, 0) is 17.7 Å². The van der Waals surface area contributed by atoms with E-state index < -0.39 is 0 Å². The van der Waals surface area contributed by atoms with Crippen molar-refractivity contribution in [2.45, 2.75) is 19.5 Å². The van der Waals surface area contributed by atoms with Crippen LogP contribution in [-0.4, -0.2) is 47.4 Å². The van der Waals surface area contributed by atoms with Gasteiger partial charge in [0.05, 0.1) is 19.7 Å². The molecule has 0 bridgehead atoms. The SMILES string of the molecule is COc1ccc([C@@H]2CN(Cc3nccs3)CCN2C(C)=O)cc1. The minimum absolute atomic E-state index is 0.0760. The predicted molar refractivity (Wildman–Crippen MR) is 90.5 cm³/mol. The summed E-state index contributed by atoms with van der Waals surface area (Å²) in [6.07, 6.45) is 1.84. The largest absolute Gasteiger partial charge is 0.497 e. The van der Waals surface area contributed by atoms with Gasteiger partial charge in [-0.25, -0.2) is 4.98 Å². The van der Waals surface area contributed by atoms with E-state index in [-0.39, 0.29) is 11.9 Å². The molecule has 1 atom stereocenters. The second kappa shape index (κ2) is 7.10. The van der Waals surface area contributed by atoms with Crippen molar-refractivity contribution >= 4 is 17.2 Å². The Labute approximate surface area is 140 Å². The molecule has 1 saturated heterocycles. The number of hydrogen-bond donors (Lipinski definition) is 0. The van der Waals surface area contributed by atoms with Crippen LogP contribution in [0, 0.1) is 0 Å². The van der Waals surface area contributed by atoms with E-state index in [9.17, 15) is 4.79 Å². The topological polar surface area (TPSA) is 45.7 Å². The van der Waals surface area contributed by atoms with E-state index >= 15 is 0 Å². The van der Waals surface area contributed by atoms with Gasteiger partial charge in [-0.15, -0.1) is 11.3 Å². The van der Waals surface area contributed by atoms with E-state index in [0.29, 0.717) is 0 Å². The number of piperazine rings is 1. The maximum absolute atomic E-state index is 12.0. The van der Waals surface area contributed by atoms with Crippen molar-refractivity contribution in [1.82, 2.24) is 14.8 Å². The van der Waals surface area contributed by atoms with Crippen LogP contribution >= 0.6 is 11.3 Å². The molecule has 2 heterocycles. The van der Waals surface area contributed by atoms with Crippen LogP contribution < -0.4 is 4.74 Å². The van der Waals surface area contributed by atoms with Gasteiger partial charge in [0.2, 0.25) is 5.91 Å². The molecule has 1 aromatic carbocycles. The summed E-state index contributed by atoms with van der Waals surface area (Å²) in [4.78, 5) is 20.7. The number of amides is 1. The molecule has 0 aliphatic carbocycles. The van der Waals surface area contributed by atoms with Crippen molar-refractivity contribution in [2.24, 2.45) is 0 Å². The Balaban J connectivity index is 1.78.